The molecule has 0 N–H and O–H groups in total. The van der Waals surface area contributed by atoms with Crippen LogP contribution in [0.4, 0.5) is 0 Å². The van der Waals surface area contributed by atoms with Crippen LogP contribution in [0.3, 0.4) is 0 Å². The minimum Gasteiger partial charge on any atom is -0.383 e. The summed E-state index contributed by atoms with van der Waals surface area (Å²) in [6.45, 7) is 4.90. The number of hydrogen-bond acceptors (Lipinski definition) is 4. The van der Waals surface area contributed by atoms with Gasteiger partial charge in [-0.15, -0.1) is 0 Å². The first-order valence-corrected chi connectivity index (χ1v) is 5.83. The Kier molecular flexibility index (Phi) is 3.85. The molecule has 88 valence electrons. The molecule has 0 radical (unpaired) electrons. The van der Waals surface area contributed by atoms with Crippen molar-refractivity contribution in [3.63, 3.8) is 0 Å². The van der Waals surface area contributed by atoms with E-state index in [4.69, 9.17) is 4.74 Å². The van der Waals surface area contributed by atoms with Gasteiger partial charge in [-0.3, -0.25) is 14.9 Å². The molecular formula is C12H19N3O. The second-order valence-electron chi connectivity index (χ2n) is 4.27. The molecule has 0 saturated carbocycles. The summed E-state index contributed by atoms with van der Waals surface area (Å²) in [5.41, 5.74) is 2.10. The van der Waals surface area contributed by atoms with Crippen LogP contribution in [0.5, 0.6) is 0 Å². The lowest BCUT2D eigenvalue weighted by atomic mass is 10.1. The Morgan fingerprint density at radius 1 is 1.50 bits per heavy atom. The Balaban J connectivity index is 2.07. The van der Waals surface area contributed by atoms with Crippen molar-refractivity contribution in [2.75, 3.05) is 26.8 Å². The van der Waals surface area contributed by atoms with Gasteiger partial charge in [-0.05, 0) is 26.3 Å². The van der Waals surface area contributed by atoms with E-state index >= 15 is 0 Å². The summed E-state index contributed by atoms with van der Waals surface area (Å²) in [6.07, 6.45) is 6.12. The summed E-state index contributed by atoms with van der Waals surface area (Å²) in [4.78, 5) is 11.2. The van der Waals surface area contributed by atoms with Crippen LogP contribution in [0.2, 0.25) is 0 Å². The Labute approximate surface area is 96.7 Å². The molecule has 0 unspecified atom stereocenters. The topological polar surface area (TPSA) is 38.2 Å². The largest absolute Gasteiger partial charge is 0.383 e. The molecule has 0 aliphatic carbocycles. The Bertz CT molecular complexity index is 343. The monoisotopic (exact) mass is 221 g/mol. The van der Waals surface area contributed by atoms with Crippen molar-refractivity contribution in [2.24, 2.45) is 0 Å². The van der Waals surface area contributed by atoms with Gasteiger partial charge in [-0.25, -0.2) is 0 Å². The first kappa shape index (κ1) is 11.5. The molecule has 1 fully saturated rings. The number of likely N-dealkylation sites (tertiary alicyclic amines) is 1. The van der Waals surface area contributed by atoms with Crippen LogP contribution in [0.1, 0.15) is 30.3 Å². The van der Waals surface area contributed by atoms with Gasteiger partial charge < -0.3 is 4.74 Å². The van der Waals surface area contributed by atoms with E-state index in [0.29, 0.717) is 6.04 Å². The summed E-state index contributed by atoms with van der Waals surface area (Å²) in [6, 6.07) is 0.433. The number of aromatic nitrogens is 2. The summed E-state index contributed by atoms with van der Waals surface area (Å²) < 4.78 is 5.13. The molecule has 0 aromatic carbocycles. The van der Waals surface area contributed by atoms with Gasteiger partial charge in [0.05, 0.1) is 24.0 Å². The van der Waals surface area contributed by atoms with E-state index in [1.54, 1.807) is 13.3 Å². The quantitative estimate of drug-likeness (QED) is 0.773. The highest BCUT2D eigenvalue weighted by Gasteiger charge is 2.26. The summed E-state index contributed by atoms with van der Waals surface area (Å²) >= 11 is 0. The molecule has 1 aliphatic rings. The van der Waals surface area contributed by atoms with Crippen molar-refractivity contribution in [3.8, 4) is 0 Å². The molecule has 1 atom stereocenters. The highest BCUT2D eigenvalue weighted by molar-refractivity contribution is 5.08. The summed E-state index contributed by atoms with van der Waals surface area (Å²) in [5.74, 6) is 0. The SMILES string of the molecule is COCCN1CCC[C@@H]1c1cncc(C)n1. The van der Waals surface area contributed by atoms with Gasteiger partial charge >= 0.3 is 0 Å². The Morgan fingerprint density at radius 2 is 2.38 bits per heavy atom. The summed E-state index contributed by atoms with van der Waals surface area (Å²) in [5, 5.41) is 0. The first-order valence-electron chi connectivity index (χ1n) is 5.83. The lowest BCUT2D eigenvalue weighted by Gasteiger charge is -2.23. The zero-order valence-electron chi connectivity index (χ0n) is 10.0. The zero-order chi connectivity index (χ0) is 11.4. The lowest BCUT2D eigenvalue weighted by Crippen LogP contribution is -2.27. The van der Waals surface area contributed by atoms with Crippen LogP contribution in [-0.4, -0.2) is 41.7 Å². The van der Waals surface area contributed by atoms with Crippen LogP contribution in [0.25, 0.3) is 0 Å². The minimum absolute atomic E-state index is 0.433. The molecule has 0 bridgehead atoms. The Hall–Kier alpha value is -1.00. The van der Waals surface area contributed by atoms with E-state index in [-0.39, 0.29) is 0 Å². The van der Waals surface area contributed by atoms with Gasteiger partial charge in [0.25, 0.3) is 0 Å². The van der Waals surface area contributed by atoms with Crippen molar-refractivity contribution >= 4 is 0 Å². The molecule has 2 rings (SSSR count). The van der Waals surface area contributed by atoms with E-state index in [9.17, 15) is 0 Å². The smallest absolute Gasteiger partial charge is 0.0761 e. The maximum Gasteiger partial charge on any atom is 0.0761 e. The molecule has 4 nitrogen and oxygen atoms in total. The third-order valence-corrected chi connectivity index (χ3v) is 3.06. The van der Waals surface area contributed by atoms with E-state index < -0.39 is 0 Å². The van der Waals surface area contributed by atoms with Crippen molar-refractivity contribution in [3.05, 3.63) is 23.8 Å². The molecular weight excluding hydrogens is 202 g/mol. The van der Waals surface area contributed by atoms with Gasteiger partial charge in [0.15, 0.2) is 0 Å². The van der Waals surface area contributed by atoms with Crippen molar-refractivity contribution < 1.29 is 4.74 Å². The average molecular weight is 221 g/mol. The normalized spacial score (nSPS) is 21.5. The third-order valence-electron chi connectivity index (χ3n) is 3.06. The number of aryl methyl sites for hydroxylation is 1. The van der Waals surface area contributed by atoms with Crippen LogP contribution in [0, 0.1) is 6.92 Å². The van der Waals surface area contributed by atoms with Crippen LogP contribution in [0.15, 0.2) is 12.4 Å². The second kappa shape index (κ2) is 5.37. The molecule has 1 saturated heterocycles. The van der Waals surface area contributed by atoms with Crippen molar-refractivity contribution in [1.29, 1.82) is 0 Å². The van der Waals surface area contributed by atoms with Gasteiger partial charge in [-0.1, -0.05) is 0 Å². The summed E-state index contributed by atoms with van der Waals surface area (Å²) in [7, 11) is 1.75. The molecule has 0 amide bonds. The third kappa shape index (κ3) is 2.57. The lowest BCUT2D eigenvalue weighted by molar-refractivity contribution is 0.140. The zero-order valence-corrected chi connectivity index (χ0v) is 10.0. The van der Waals surface area contributed by atoms with E-state index in [1.807, 2.05) is 13.1 Å². The molecule has 1 aliphatic heterocycles. The van der Waals surface area contributed by atoms with Gasteiger partial charge in [0.2, 0.25) is 0 Å². The molecule has 4 heteroatoms. The van der Waals surface area contributed by atoms with Gasteiger partial charge in [0, 0.05) is 26.0 Å². The minimum atomic E-state index is 0.433. The maximum absolute atomic E-state index is 5.13. The number of ether oxygens (including phenoxy) is 1. The fraction of sp³-hybridized carbons (Fsp3) is 0.667. The second-order valence-corrected chi connectivity index (χ2v) is 4.27. The number of hydrogen-bond donors (Lipinski definition) is 0. The highest BCUT2D eigenvalue weighted by atomic mass is 16.5. The van der Waals surface area contributed by atoms with Gasteiger partial charge in [-0.2, -0.15) is 0 Å². The van der Waals surface area contributed by atoms with Crippen LogP contribution in [-0.2, 0) is 4.74 Å². The number of methoxy groups -OCH3 is 1. The molecule has 1 aromatic heterocycles. The van der Waals surface area contributed by atoms with Crippen molar-refractivity contribution in [2.45, 2.75) is 25.8 Å². The van der Waals surface area contributed by atoms with Crippen LogP contribution >= 0.6 is 0 Å². The van der Waals surface area contributed by atoms with Gasteiger partial charge in [0.1, 0.15) is 0 Å². The standard InChI is InChI=1S/C12H19N3O/c1-10-8-13-9-11(14-10)12-4-3-5-15(12)6-7-16-2/h8-9,12H,3-7H2,1-2H3/t12-/m1/s1. The average Bonchev–Trinajstić information content (AvgIpc) is 2.74. The van der Waals surface area contributed by atoms with Crippen molar-refractivity contribution in [1.82, 2.24) is 14.9 Å². The van der Waals surface area contributed by atoms with E-state index in [0.717, 1.165) is 31.1 Å². The van der Waals surface area contributed by atoms with Crippen LogP contribution < -0.4 is 0 Å². The fourth-order valence-corrected chi connectivity index (χ4v) is 2.28. The molecule has 2 heterocycles. The number of nitrogens with zero attached hydrogens (tertiary/aromatic N) is 3. The first-order chi connectivity index (χ1) is 7.81. The van der Waals surface area contributed by atoms with E-state index in [1.165, 1.54) is 12.8 Å². The predicted molar refractivity (Wildman–Crippen MR) is 62.2 cm³/mol. The number of rotatable bonds is 4. The van der Waals surface area contributed by atoms with E-state index in [2.05, 4.69) is 14.9 Å². The Morgan fingerprint density at radius 3 is 3.12 bits per heavy atom. The molecule has 0 spiro atoms. The molecule has 16 heavy (non-hydrogen) atoms. The highest BCUT2D eigenvalue weighted by Crippen LogP contribution is 2.29. The maximum atomic E-state index is 5.13. The fourth-order valence-electron chi connectivity index (χ4n) is 2.28. The predicted octanol–water partition coefficient (Wildman–Crippen LogP) is 1.57. The molecule has 1 aromatic rings.